The number of nitriles is 1. The summed E-state index contributed by atoms with van der Waals surface area (Å²) in [7, 11) is 0. The molecular formula is C17H19N5OS. The molecule has 0 amide bonds. The topological polar surface area (TPSA) is 83.1 Å². The van der Waals surface area contributed by atoms with Gasteiger partial charge in [0.05, 0.1) is 5.69 Å². The van der Waals surface area contributed by atoms with Crippen molar-refractivity contribution < 1.29 is 0 Å². The van der Waals surface area contributed by atoms with Crippen LogP contribution in [0, 0.1) is 11.5 Å². The molecule has 1 aromatic carbocycles. The zero-order valence-corrected chi connectivity index (χ0v) is 14.3. The van der Waals surface area contributed by atoms with Gasteiger partial charge in [-0.25, -0.2) is 4.68 Å². The number of aliphatic imine (C=N–C) groups is 1. The summed E-state index contributed by atoms with van der Waals surface area (Å²) in [5, 5.41) is 16.1. The molecule has 0 radical (unpaired) electrons. The maximum atomic E-state index is 11.9. The third kappa shape index (κ3) is 5.25. The second-order valence-electron chi connectivity index (χ2n) is 4.98. The van der Waals surface area contributed by atoms with Crippen molar-refractivity contribution in [3.05, 3.63) is 52.8 Å². The van der Waals surface area contributed by atoms with Crippen LogP contribution in [0.1, 0.15) is 12.8 Å². The standard InChI is InChI=1S/C17H19N5OS/c1-24-17(20-13-18)19-11-5-6-12-22-16(23)10-9-15(21-22)14-7-3-2-4-8-14/h2-4,7-10H,5-6,11-12H2,1H3,(H,19,20). The van der Waals surface area contributed by atoms with Gasteiger partial charge in [-0.1, -0.05) is 42.1 Å². The summed E-state index contributed by atoms with van der Waals surface area (Å²) >= 11 is 1.40. The first-order valence-electron chi connectivity index (χ1n) is 7.61. The van der Waals surface area contributed by atoms with E-state index in [0.29, 0.717) is 18.3 Å². The van der Waals surface area contributed by atoms with E-state index >= 15 is 0 Å². The minimum Gasteiger partial charge on any atom is -0.272 e. The minimum absolute atomic E-state index is 0.103. The van der Waals surface area contributed by atoms with Crippen LogP contribution < -0.4 is 10.9 Å². The number of hydrogen-bond donors (Lipinski definition) is 1. The van der Waals surface area contributed by atoms with Gasteiger partial charge in [0.15, 0.2) is 11.4 Å². The number of nitrogens with zero attached hydrogens (tertiary/aromatic N) is 4. The number of rotatable bonds is 6. The molecule has 0 saturated heterocycles. The van der Waals surface area contributed by atoms with Crippen molar-refractivity contribution >= 4 is 16.9 Å². The predicted octanol–water partition coefficient (Wildman–Crippen LogP) is 2.48. The molecule has 0 bridgehead atoms. The average Bonchev–Trinajstić information content (AvgIpc) is 2.62. The molecule has 124 valence electrons. The Labute approximate surface area is 145 Å². The van der Waals surface area contributed by atoms with E-state index in [0.717, 1.165) is 24.1 Å². The van der Waals surface area contributed by atoms with E-state index in [-0.39, 0.29) is 5.56 Å². The third-order valence-electron chi connectivity index (χ3n) is 3.33. The van der Waals surface area contributed by atoms with Gasteiger partial charge in [-0.15, -0.1) is 0 Å². The molecule has 7 heteroatoms. The van der Waals surface area contributed by atoms with Gasteiger partial charge in [0.25, 0.3) is 5.56 Å². The van der Waals surface area contributed by atoms with Crippen molar-refractivity contribution in [1.82, 2.24) is 15.1 Å². The van der Waals surface area contributed by atoms with Crippen molar-refractivity contribution in [2.45, 2.75) is 19.4 Å². The fraction of sp³-hybridized carbons (Fsp3) is 0.294. The molecule has 2 aromatic rings. The summed E-state index contributed by atoms with van der Waals surface area (Å²) in [4.78, 5) is 16.2. The Kier molecular flexibility index (Phi) is 7.05. The highest BCUT2D eigenvalue weighted by Gasteiger charge is 2.03. The van der Waals surface area contributed by atoms with Crippen LogP contribution >= 0.6 is 11.8 Å². The quantitative estimate of drug-likeness (QED) is 0.287. The Morgan fingerprint density at radius 1 is 1.29 bits per heavy atom. The Morgan fingerprint density at radius 2 is 2.08 bits per heavy atom. The zero-order valence-electron chi connectivity index (χ0n) is 13.5. The molecule has 0 aliphatic rings. The number of hydrogen-bond acceptors (Lipinski definition) is 5. The lowest BCUT2D eigenvalue weighted by Gasteiger charge is -2.07. The molecule has 0 spiro atoms. The van der Waals surface area contributed by atoms with Crippen LogP contribution in [0.25, 0.3) is 11.3 Å². The second kappa shape index (κ2) is 9.53. The van der Waals surface area contributed by atoms with E-state index in [2.05, 4.69) is 15.4 Å². The molecule has 2 rings (SSSR count). The molecule has 6 nitrogen and oxygen atoms in total. The molecule has 24 heavy (non-hydrogen) atoms. The lowest BCUT2D eigenvalue weighted by molar-refractivity contribution is 0.537. The van der Waals surface area contributed by atoms with Crippen LogP contribution in [0.5, 0.6) is 0 Å². The van der Waals surface area contributed by atoms with E-state index in [1.807, 2.05) is 42.8 Å². The zero-order chi connectivity index (χ0) is 17.2. The summed E-state index contributed by atoms with van der Waals surface area (Å²) in [6, 6.07) is 13.1. The minimum atomic E-state index is -0.103. The van der Waals surface area contributed by atoms with E-state index < -0.39 is 0 Å². The number of amidine groups is 1. The fourth-order valence-corrected chi connectivity index (χ4v) is 2.50. The van der Waals surface area contributed by atoms with Gasteiger partial charge in [0.2, 0.25) is 0 Å². The van der Waals surface area contributed by atoms with Gasteiger partial charge in [-0.2, -0.15) is 10.4 Å². The Bertz CT molecular complexity index is 780. The first-order valence-corrected chi connectivity index (χ1v) is 8.84. The molecule has 0 saturated carbocycles. The molecule has 0 unspecified atom stereocenters. The van der Waals surface area contributed by atoms with Crippen molar-refractivity contribution in [1.29, 1.82) is 5.26 Å². The molecular weight excluding hydrogens is 322 g/mol. The van der Waals surface area contributed by atoms with Crippen LogP contribution in [0.2, 0.25) is 0 Å². The number of thioether (sulfide) groups is 1. The summed E-state index contributed by atoms with van der Waals surface area (Å²) in [6.07, 6.45) is 5.34. The van der Waals surface area contributed by atoms with Crippen LogP contribution in [-0.4, -0.2) is 27.7 Å². The number of aromatic nitrogens is 2. The number of unbranched alkanes of at least 4 members (excludes halogenated alkanes) is 1. The van der Waals surface area contributed by atoms with Crippen LogP contribution in [0.4, 0.5) is 0 Å². The molecule has 1 N–H and O–H groups in total. The summed E-state index contributed by atoms with van der Waals surface area (Å²) < 4.78 is 1.50. The van der Waals surface area contributed by atoms with Crippen molar-refractivity contribution in [2.24, 2.45) is 4.99 Å². The van der Waals surface area contributed by atoms with Gasteiger partial charge in [0, 0.05) is 24.7 Å². The molecule has 1 heterocycles. The van der Waals surface area contributed by atoms with Gasteiger partial charge in [0.1, 0.15) is 0 Å². The van der Waals surface area contributed by atoms with Crippen molar-refractivity contribution in [3.8, 4) is 17.5 Å². The van der Waals surface area contributed by atoms with Crippen molar-refractivity contribution in [3.63, 3.8) is 0 Å². The van der Waals surface area contributed by atoms with Gasteiger partial charge in [-0.3, -0.25) is 15.1 Å². The normalized spacial score (nSPS) is 11.1. The van der Waals surface area contributed by atoms with Gasteiger partial charge >= 0.3 is 0 Å². The Hall–Kier alpha value is -2.59. The van der Waals surface area contributed by atoms with Crippen LogP contribution in [-0.2, 0) is 6.54 Å². The lowest BCUT2D eigenvalue weighted by atomic mass is 10.1. The molecule has 1 aromatic heterocycles. The largest absolute Gasteiger partial charge is 0.272 e. The third-order valence-corrected chi connectivity index (χ3v) is 3.94. The first-order chi connectivity index (χ1) is 11.7. The average molecular weight is 341 g/mol. The SMILES string of the molecule is CSC(=NCCCCn1nc(-c2ccccc2)ccc1=O)NC#N. The van der Waals surface area contributed by atoms with Crippen molar-refractivity contribution in [2.75, 3.05) is 12.8 Å². The highest BCUT2D eigenvalue weighted by Crippen LogP contribution is 2.14. The van der Waals surface area contributed by atoms with E-state index in [1.165, 1.54) is 16.4 Å². The van der Waals surface area contributed by atoms with Crippen LogP contribution in [0.3, 0.4) is 0 Å². The summed E-state index contributed by atoms with van der Waals surface area (Å²) in [6.45, 7) is 1.16. The maximum Gasteiger partial charge on any atom is 0.266 e. The maximum absolute atomic E-state index is 11.9. The lowest BCUT2D eigenvalue weighted by Crippen LogP contribution is -2.22. The Morgan fingerprint density at radius 3 is 2.79 bits per heavy atom. The van der Waals surface area contributed by atoms with E-state index in [4.69, 9.17) is 5.26 Å². The number of aryl methyl sites for hydroxylation is 1. The summed E-state index contributed by atoms with van der Waals surface area (Å²) in [5.74, 6) is 0. The fourth-order valence-electron chi connectivity index (χ4n) is 2.13. The molecule has 0 fully saturated rings. The summed E-state index contributed by atoms with van der Waals surface area (Å²) in [5.41, 5.74) is 1.67. The monoisotopic (exact) mass is 341 g/mol. The molecule has 0 aliphatic carbocycles. The van der Waals surface area contributed by atoms with Gasteiger partial charge < -0.3 is 0 Å². The van der Waals surface area contributed by atoms with E-state index in [1.54, 1.807) is 12.1 Å². The Balaban J connectivity index is 1.93. The molecule has 0 aliphatic heterocycles. The van der Waals surface area contributed by atoms with E-state index in [9.17, 15) is 4.79 Å². The number of benzene rings is 1. The second-order valence-corrected chi connectivity index (χ2v) is 5.78. The molecule has 0 atom stereocenters. The number of nitrogens with one attached hydrogen (secondary N) is 1. The highest BCUT2D eigenvalue weighted by atomic mass is 32.2. The van der Waals surface area contributed by atoms with Gasteiger partial charge in [-0.05, 0) is 25.2 Å². The smallest absolute Gasteiger partial charge is 0.266 e. The first kappa shape index (κ1) is 17.8. The predicted molar refractivity (Wildman–Crippen MR) is 97.7 cm³/mol. The van der Waals surface area contributed by atoms with Crippen LogP contribution in [0.15, 0.2) is 52.3 Å². The highest BCUT2D eigenvalue weighted by molar-refractivity contribution is 8.13.